The first-order valence-electron chi connectivity index (χ1n) is 12.3. The highest BCUT2D eigenvalue weighted by Gasteiger charge is 2.12. The zero-order valence-corrected chi connectivity index (χ0v) is 23.5. The minimum atomic E-state index is -1.11. The number of allylic oxidation sites excluding steroid dienone is 1. The molecule has 0 aliphatic rings. The van der Waals surface area contributed by atoms with Crippen molar-refractivity contribution in [2.45, 2.75) is 52.9 Å². The van der Waals surface area contributed by atoms with Gasteiger partial charge >= 0.3 is 0 Å². The molecule has 0 fully saturated rings. The van der Waals surface area contributed by atoms with Crippen LogP contribution < -0.4 is 18.9 Å². The van der Waals surface area contributed by atoms with Gasteiger partial charge in [-0.15, -0.1) is 0 Å². The molecule has 6 heteroatoms. The molecule has 192 valence electrons. The lowest BCUT2D eigenvalue weighted by atomic mass is 10.1. The Hall–Kier alpha value is -2.70. The topological polar surface area (TPSA) is 46.2 Å². The fraction of sp³-hybridized carbons (Fsp3) is 0.448. The lowest BCUT2D eigenvalue weighted by Gasteiger charge is -2.16. The lowest BCUT2D eigenvalue weighted by molar-refractivity contribution is 0.0205. The summed E-state index contributed by atoms with van der Waals surface area (Å²) in [5, 5.41) is 0. The quantitative estimate of drug-likeness (QED) is 0.0828. The minimum Gasteiger partial charge on any atom is -0.493 e. The zero-order chi connectivity index (χ0) is 25.7. The molecule has 0 unspecified atom stereocenters. The number of rotatable bonds is 15. The van der Waals surface area contributed by atoms with Crippen molar-refractivity contribution in [3.8, 4) is 23.0 Å². The molecule has 2 aromatic carbocycles. The van der Waals surface area contributed by atoms with Gasteiger partial charge in [0.15, 0.2) is 18.3 Å². The van der Waals surface area contributed by atoms with Crippen LogP contribution in [0.2, 0.25) is 25.7 Å². The van der Waals surface area contributed by atoms with Gasteiger partial charge in [-0.1, -0.05) is 50.4 Å². The molecule has 0 heterocycles. The molecular formula is C29H42O5Si. The van der Waals surface area contributed by atoms with E-state index in [4.69, 9.17) is 23.7 Å². The Labute approximate surface area is 212 Å². The van der Waals surface area contributed by atoms with E-state index in [0.717, 1.165) is 41.7 Å². The summed E-state index contributed by atoms with van der Waals surface area (Å²) >= 11 is 0. The largest absolute Gasteiger partial charge is 0.493 e. The Morgan fingerprint density at radius 2 is 1.54 bits per heavy atom. The van der Waals surface area contributed by atoms with E-state index in [-0.39, 0.29) is 6.79 Å². The number of ether oxygens (including phenoxy) is 5. The fourth-order valence-electron chi connectivity index (χ4n) is 3.02. The summed E-state index contributed by atoms with van der Waals surface area (Å²) in [6.45, 7) is 15.4. The van der Waals surface area contributed by atoms with Gasteiger partial charge in [0.05, 0.1) is 13.7 Å². The summed E-state index contributed by atoms with van der Waals surface area (Å²) in [6.07, 6.45) is 7.09. The predicted octanol–water partition coefficient (Wildman–Crippen LogP) is 7.69. The maximum Gasteiger partial charge on any atom is 0.189 e. The van der Waals surface area contributed by atoms with Gasteiger partial charge in [0.25, 0.3) is 0 Å². The van der Waals surface area contributed by atoms with Gasteiger partial charge < -0.3 is 23.7 Å². The van der Waals surface area contributed by atoms with Gasteiger partial charge in [0.1, 0.15) is 18.1 Å². The van der Waals surface area contributed by atoms with Crippen LogP contribution >= 0.6 is 0 Å². The standard InChI is InChI=1S/C29H42O5Si/c1-8-14-32-26-18-25(19-27(21-26)33-15-13-23(2)3)10-9-24-11-12-28(29(20-24)30-4)34-22-31-16-17-35(5,6)7/h9-13,18-21H,8,14-17,22H2,1-7H3/b10-9+. The van der Waals surface area contributed by atoms with Crippen molar-refractivity contribution in [2.24, 2.45) is 0 Å². The fourth-order valence-corrected chi connectivity index (χ4v) is 3.78. The van der Waals surface area contributed by atoms with Crippen molar-refractivity contribution in [1.82, 2.24) is 0 Å². The van der Waals surface area contributed by atoms with Gasteiger partial charge in [-0.2, -0.15) is 0 Å². The number of methoxy groups -OCH3 is 1. The second kappa shape index (κ2) is 14.6. The van der Waals surface area contributed by atoms with E-state index in [1.165, 1.54) is 5.57 Å². The maximum absolute atomic E-state index is 5.92. The second-order valence-corrected chi connectivity index (χ2v) is 15.5. The number of hydrogen-bond acceptors (Lipinski definition) is 5. The van der Waals surface area contributed by atoms with Crippen LogP contribution in [0, 0.1) is 0 Å². The third-order valence-corrected chi connectivity index (χ3v) is 6.77. The SMILES string of the molecule is CCCOc1cc(/C=C/c2ccc(OCOCC[Si](C)(C)C)c(OC)c2)cc(OCC=C(C)C)c1. The van der Waals surface area contributed by atoms with Crippen molar-refractivity contribution in [3.63, 3.8) is 0 Å². The van der Waals surface area contributed by atoms with Crippen LogP contribution in [0.3, 0.4) is 0 Å². The molecule has 0 spiro atoms. The Kier molecular flexibility index (Phi) is 11.9. The number of hydrogen-bond donors (Lipinski definition) is 0. The van der Waals surface area contributed by atoms with Crippen molar-refractivity contribution < 1.29 is 23.7 Å². The summed E-state index contributed by atoms with van der Waals surface area (Å²) in [5.41, 5.74) is 3.23. The van der Waals surface area contributed by atoms with Crippen LogP contribution in [0.1, 0.15) is 38.3 Å². The lowest BCUT2D eigenvalue weighted by Crippen LogP contribution is -2.22. The molecule has 0 aliphatic heterocycles. The highest BCUT2D eigenvalue weighted by atomic mass is 28.3. The number of benzene rings is 2. The van der Waals surface area contributed by atoms with Crippen LogP contribution in [0.25, 0.3) is 12.2 Å². The summed E-state index contributed by atoms with van der Waals surface area (Å²) in [7, 11) is 0.539. The Bertz CT molecular complexity index is 972. The first kappa shape index (κ1) is 28.5. The highest BCUT2D eigenvalue weighted by Crippen LogP contribution is 2.30. The molecule has 35 heavy (non-hydrogen) atoms. The van der Waals surface area contributed by atoms with Gasteiger partial charge in [-0.05, 0) is 67.8 Å². The van der Waals surface area contributed by atoms with Crippen molar-refractivity contribution in [1.29, 1.82) is 0 Å². The van der Waals surface area contributed by atoms with Gasteiger partial charge in [-0.25, -0.2) is 0 Å². The van der Waals surface area contributed by atoms with Crippen molar-refractivity contribution >= 4 is 20.2 Å². The summed E-state index contributed by atoms with van der Waals surface area (Å²) in [4.78, 5) is 0. The minimum absolute atomic E-state index is 0.218. The van der Waals surface area contributed by atoms with E-state index in [1.54, 1.807) is 7.11 Å². The molecule has 0 saturated carbocycles. The molecule has 0 aromatic heterocycles. The Morgan fingerprint density at radius 3 is 2.20 bits per heavy atom. The molecule has 0 atom stereocenters. The first-order chi connectivity index (χ1) is 16.7. The molecule has 5 nitrogen and oxygen atoms in total. The smallest absolute Gasteiger partial charge is 0.189 e. The first-order valence-corrected chi connectivity index (χ1v) is 16.0. The normalized spacial score (nSPS) is 11.4. The average Bonchev–Trinajstić information content (AvgIpc) is 2.80. The summed E-state index contributed by atoms with van der Waals surface area (Å²) < 4.78 is 28.8. The maximum atomic E-state index is 5.92. The van der Waals surface area contributed by atoms with Gasteiger partial charge in [-0.3, -0.25) is 0 Å². The molecule has 0 radical (unpaired) electrons. The molecule has 0 aliphatic carbocycles. The Morgan fingerprint density at radius 1 is 0.829 bits per heavy atom. The van der Waals surface area contributed by atoms with Crippen LogP contribution in [-0.2, 0) is 4.74 Å². The molecule has 2 aromatic rings. The van der Waals surface area contributed by atoms with E-state index in [9.17, 15) is 0 Å². The third-order valence-electron chi connectivity index (χ3n) is 5.07. The van der Waals surface area contributed by atoms with Crippen molar-refractivity contribution in [3.05, 3.63) is 59.2 Å². The van der Waals surface area contributed by atoms with Crippen LogP contribution in [0.5, 0.6) is 23.0 Å². The molecule has 2 rings (SSSR count). The van der Waals surface area contributed by atoms with E-state index >= 15 is 0 Å². The molecular weight excluding hydrogens is 456 g/mol. The van der Waals surface area contributed by atoms with Crippen molar-refractivity contribution in [2.75, 3.05) is 33.7 Å². The summed E-state index contributed by atoms with van der Waals surface area (Å²) in [6, 6.07) is 13.0. The highest BCUT2D eigenvalue weighted by molar-refractivity contribution is 6.76. The zero-order valence-electron chi connectivity index (χ0n) is 22.5. The predicted molar refractivity (Wildman–Crippen MR) is 149 cm³/mol. The van der Waals surface area contributed by atoms with E-state index in [0.29, 0.717) is 24.7 Å². The van der Waals surface area contributed by atoms with Crippen LogP contribution in [0.15, 0.2) is 48.0 Å². The average molecular weight is 499 g/mol. The molecule has 0 N–H and O–H groups in total. The molecule has 0 saturated heterocycles. The van der Waals surface area contributed by atoms with Crippen LogP contribution in [-0.4, -0.2) is 41.8 Å². The van der Waals surface area contributed by atoms with Crippen LogP contribution in [0.4, 0.5) is 0 Å². The van der Waals surface area contributed by atoms with Gasteiger partial charge in [0, 0.05) is 20.7 Å². The van der Waals surface area contributed by atoms with E-state index < -0.39 is 8.07 Å². The monoisotopic (exact) mass is 498 g/mol. The Balaban J connectivity index is 2.08. The van der Waals surface area contributed by atoms with E-state index in [1.807, 2.05) is 48.6 Å². The summed E-state index contributed by atoms with van der Waals surface area (Å²) in [5.74, 6) is 2.93. The second-order valence-electron chi connectivity index (χ2n) is 9.90. The molecule has 0 bridgehead atoms. The van der Waals surface area contributed by atoms with Gasteiger partial charge in [0.2, 0.25) is 0 Å². The third kappa shape index (κ3) is 11.5. The molecule has 0 amide bonds. The van der Waals surface area contributed by atoms with E-state index in [2.05, 4.69) is 46.5 Å².